The summed E-state index contributed by atoms with van der Waals surface area (Å²) in [4.78, 5) is 11.8. The van der Waals surface area contributed by atoms with Crippen molar-refractivity contribution in [2.45, 2.75) is 18.6 Å². The summed E-state index contributed by atoms with van der Waals surface area (Å²) in [6, 6.07) is 7.35. The Morgan fingerprint density at radius 2 is 2.24 bits per heavy atom. The molecule has 0 unspecified atom stereocenters. The average Bonchev–Trinajstić information content (AvgIpc) is 3.06. The van der Waals surface area contributed by atoms with Crippen LogP contribution in [0.15, 0.2) is 41.5 Å². The summed E-state index contributed by atoms with van der Waals surface area (Å²) < 4.78 is 35.3. The maximum atomic E-state index is 14.9. The van der Waals surface area contributed by atoms with Gasteiger partial charge in [-0.25, -0.2) is 18.6 Å². The van der Waals surface area contributed by atoms with Crippen LogP contribution in [0.4, 0.5) is 14.5 Å². The van der Waals surface area contributed by atoms with Crippen molar-refractivity contribution in [1.82, 2.24) is 4.98 Å². The second kappa shape index (κ2) is 7.58. The summed E-state index contributed by atoms with van der Waals surface area (Å²) in [6.45, 7) is 9.11. The summed E-state index contributed by atoms with van der Waals surface area (Å²) in [6.07, 6.45) is 2.52. The third-order valence-electron chi connectivity index (χ3n) is 5.34. The molecule has 3 atom stereocenters. The van der Waals surface area contributed by atoms with E-state index < -0.39 is 17.2 Å². The molecule has 2 N–H and O–H groups in total. The van der Waals surface area contributed by atoms with Crippen LogP contribution in [0.1, 0.15) is 23.7 Å². The van der Waals surface area contributed by atoms with Crippen molar-refractivity contribution in [3.63, 3.8) is 0 Å². The van der Waals surface area contributed by atoms with E-state index in [4.69, 9.17) is 17.0 Å². The van der Waals surface area contributed by atoms with Gasteiger partial charge in [0, 0.05) is 23.4 Å². The van der Waals surface area contributed by atoms with Gasteiger partial charge in [-0.2, -0.15) is 0 Å². The van der Waals surface area contributed by atoms with Gasteiger partial charge >= 0.3 is 0 Å². The van der Waals surface area contributed by atoms with E-state index in [1.54, 1.807) is 6.07 Å². The number of ether oxygens (including phenoxy) is 1. The molecular formula is C21H18F2N4OS. The Morgan fingerprint density at radius 3 is 2.97 bits per heavy atom. The fourth-order valence-corrected chi connectivity index (χ4v) is 4.90. The highest BCUT2D eigenvalue weighted by atomic mass is 32.2. The first kappa shape index (κ1) is 19.6. The number of rotatable bonds is 3. The molecule has 2 aliphatic heterocycles. The third kappa shape index (κ3) is 3.52. The van der Waals surface area contributed by atoms with Gasteiger partial charge in [0.1, 0.15) is 17.2 Å². The molecule has 2 aliphatic rings. The molecule has 148 valence electrons. The van der Waals surface area contributed by atoms with Gasteiger partial charge in [-0.15, -0.1) is 0 Å². The van der Waals surface area contributed by atoms with Gasteiger partial charge in [0.05, 0.1) is 25.0 Å². The van der Waals surface area contributed by atoms with Crippen molar-refractivity contribution in [2.75, 3.05) is 12.4 Å². The highest BCUT2D eigenvalue weighted by molar-refractivity contribution is 8.13. The van der Waals surface area contributed by atoms with Gasteiger partial charge in [0.15, 0.2) is 5.17 Å². The molecule has 2 aromatic rings. The Balaban J connectivity index is 1.74. The zero-order valence-corrected chi connectivity index (χ0v) is 16.4. The Bertz CT molecular complexity index is 1050. The number of hydrogen-bond donors (Lipinski definition) is 1. The molecule has 0 bridgehead atoms. The van der Waals surface area contributed by atoms with Crippen molar-refractivity contribution >= 4 is 34.5 Å². The fraction of sp³-hybridized carbons (Fsp3) is 0.286. The smallest absolute Gasteiger partial charge is 0.205 e. The molecule has 1 fully saturated rings. The largest absolute Gasteiger partial charge is 0.379 e. The minimum Gasteiger partial charge on any atom is -0.379 e. The Labute approximate surface area is 171 Å². The fourth-order valence-electron chi connectivity index (χ4n) is 3.78. The summed E-state index contributed by atoms with van der Waals surface area (Å²) in [5, 5.41) is 0.398. The number of benzene rings is 1. The van der Waals surface area contributed by atoms with Crippen molar-refractivity contribution in [1.29, 1.82) is 0 Å². The molecule has 0 amide bonds. The van der Waals surface area contributed by atoms with Crippen LogP contribution < -0.4 is 5.73 Å². The van der Waals surface area contributed by atoms with Crippen LogP contribution in [0.25, 0.3) is 16.7 Å². The van der Waals surface area contributed by atoms with Crippen LogP contribution in [0.3, 0.4) is 0 Å². The lowest BCUT2D eigenvalue weighted by molar-refractivity contribution is 0.107. The third-order valence-corrected chi connectivity index (χ3v) is 6.25. The highest BCUT2D eigenvalue weighted by Crippen LogP contribution is 2.48. The molecule has 1 saturated heterocycles. The van der Waals surface area contributed by atoms with E-state index in [1.165, 1.54) is 48.3 Å². The average molecular weight is 412 g/mol. The molecular weight excluding hydrogens is 394 g/mol. The normalized spacial score (nSPS) is 26.6. The van der Waals surface area contributed by atoms with Crippen molar-refractivity contribution < 1.29 is 13.5 Å². The molecule has 1 aromatic heterocycles. The monoisotopic (exact) mass is 412 g/mol. The standard InChI is InChI=1S/C21H18F2N4OS/c1-12-16-10-29-20(24)27-21(16,11-28-12)15-7-13(3-5-17(15)22)8-18(23)19-6-4-14(25-2)9-26-19/h3-9,12,16H,10-11H2,1H3,(H2,24,27)/b18-8-/t12-,16-,21-/m1/s1. The number of aromatic nitrogens is 1. The number of halogens is 2. The van der Waals surface area contributed by atoms with Crippen LogP contribution in [0.5, 0.6) is 0 Å². The van der Waals surface area contributed by atoms with Crippen LogP contribution in [0.2, 0.25) is 0 Å². The Morgan fingerprint density at radius 1 is 1.41 bits per heavy atom. The molecule has 0 aliphatic carbocycles. The molecule has 5 nitrogen and oxygen atoms in total. The summed E-state index contributed by atoms with van der Waals surface area (Å²) in [7, 11) is 0. The SMILES string of the molecule is [C-]#[N+]c1ccc(/C(F)=C/c2ccc(F)c([C@]34CO[C@H](C)[C@H]3CSC(N)=N4)c2)nc1. The van der Waals surface area contributed by atoms with Gasteiger partial charge in [-0.05, 0) is 36.8 Å². The van der Waals surface area contributed by atoms with Gasteiger partial charge in [0.2, 0.25) is 5.69 Å². The maximum Gasteiger partial charge on any atom is 0.205 e. The topological polar surface area (TPSA) is 64.9 Å². The molecule has 4 rings (SSSR count). The van der Waals surface area contributed by atoms with Crippen LogP contribution in [-0.4, -0.2) is 28.6 Å². The van der Waals surface area contributed by atoms with E-state index in [9.17, 15) is 8.78 Å². The van der Waals surface area contributed by atoms with Crippen molar-refractivity contribution in [2.24, 2.45) is 16.6 Å². The summed E-state index contributed by atoms with van der Waals surface area (Å²) in [5.41, 5.74) is 6.32. The lowest BCUT2D eigenvalue weighted by atomic mass is 9.78. The first-order valence-corrected chi connectivity index (χ1v) is 10.0. The van der Waals surface area contributed by atoms with Gasteiger partial charge in [0.25, 0.3) is 0 Å². The minimum absolute atomic E-state index is 0.0267. The van der Waals surface area contributed by atoms with E-state index in [0.29, 0.717) is 27.7 Å². The van der Waals surface area contributed by atoms with Crippen molar-refractivity contribution in [3.8, 4) is 0 Å². The predicted octanol–water partition coefficient (Wildman–Crippen LogP) is 4.53. The molecule has 1 aromatic carbocycles. The van der Waals surface area contributed by atoms with E-state index >= 15 is 0 Å². The van der Waals surface area contributed by atoms with Gasteiger partial charge < -0.3 is 10.5 Å². The lowest BCUT2D eigenvalue weighted by Crippen LogP contribution is -2.41. The predicted molar refractivity (Wildman–Crippen MR) is 111 cm³/mol. The molecule has 3 heterocycles. The quantitative estimate of drug-likeness (QED) is 0.753. The number of aliphatic imine (C=N–C) groups is 1. The first-order chi connectivity index (χ1) is 13.9. The van der Waals surface area contributed by atoms with Gasteiger partial charge in [-0.3, -0.25) is 4.98 Å². The summed E-state index contributed by atoms with van der Waals surface area (Å²) in [5.74, 6) is -0.345. The van der Waals surface area contributed by atoms with E-state index in [2.05, 4.69) is 14.8 Å². The van der Waals surface area contributed by atoms with Crippen molar-refractivity contribution in [3.05, 3.63) is 70.6 Å². The Kier molecular flexibility index (Phi) is 5.11. The van der Waals surface area contributed by atoms with E-state index in [-0.39, 0.29) is 24.3 Å². The lowest BCUT2D eigenvalue weighted by Gasteiger charge is -2.35. The molecule has 0 radical (unpaired) electrons. The van der Waals surface area contributed by atoms with Crippen LogP contribution in [0, 0.1) is 18.3 Å². The molecule has 0 spiro atoms. The maximum absolute atomic E-state index is 14.9. The number of thioether (sulfide) groups is 1. The number of nitrogens with zero attached hydrogens (tertiary/aromatic N) is 3. The molecule has 8 heteroatoms. The number of fused-ring (bicyclic) bond motifs is 1. The van der Waals surface area contributed by atoms with Crippen LogP contribution >= 0.6 is 11.8 Å². The highest BCUT2D eigenvalue weighted by Gasteiger charge is 2.52. The number of hydrogen-bond acceptors (Lipinski definition) is 5. The summed E-state index contributed by atoms with van der Waals surface area (Å²) >= 11 is 1.44. The van der Waals surface area contributed by atoms with Crippen LogP contribution in [-0.2, 0) is 10.3 Å². The second-order valence-electron chi connectivity index (χ2n) is 7.05. The second-order valence-corrected chi connectivity index (χ2v) is 8.09. The molecule has 29 heavy (non-hydrogen) atoms. The van der Waals surface area contributed by atoms with E-state index in [1.807, 2.05) is 6.92 Å². The zero-order valence-electron chi connectivity index (χ0n) is 15.6. The zero-order chi connectivity index (χ0) is 20.6. The number of nitrogens with two attached hydrogens (primary N) is 1. The number of amidine groups is 1. The van der Waals surface area contributed by atoms with Gasteiger partial charge in [-0.1, -0.05) is 23.9 Å². The Hall–Kier alpha value is -2.76. The number of pyridine rings is 1. The van der Waals surface area contributed by atoms with E-state index in [0.717, 1.165) is 0 Å². The minimum atomic E-state index is -0.908. The molecule has 0 saturated carbocycles. The first-order valence-electron chi connectivity index (χ1n) is 9.04.